The Morgan fingerprint density at radius 2 is 1.88 bits per heavy atom. The van der Waals surface area contributed by atoms with Crippen molar-refractivity contribution in [1.82, 2.24) is 24.7 Å². The SMILES string of the molecule is CCCN(CCC)CCCNC(=O)c1ccc(CN2CCOc3nc([N+](=O)[O-])cn3CC2)cc1. The average molecular weight is 473 g/mol. The molecule has 0 atom stereocenters. The molecule has 2 heterocycles. The molecule has 10 nitrogen and oxygen atoms in total. The molecule has 1 N–H and O–H groups in total. The number of rotatable bonds is 12. The highest BCUT2D eigenvalue weighted by atomic mass is 16.6. The van der Waals surface area contributed by atoms with E-state index in [1.165, 1.54) is 6.20 Å². The maximum atomic E-state index is 12.5. The molecule has 1 aliphatic heterocycles. The van der Waals surface area contributed by atoms with Crippen LogP contribution in [0, 0.1) is 10.1 Å². The van der Waals surface area contributed by atoms with Gasteiger partial charge >= 0.3 is 11.8 Å². The van der Waals surface area contributed by atoms with Crippen molar-refractivity contribution in [3.8, 4) is 6.01 Å². The normalized spacial score (nSPS) is 14.2. The molecule has 0 bridgehead atoms. The lowest BCUT2D eigenvalue weighted by Gasteiger charge is -2.24. The lowest BCUT2D eigenvalue weighted by Crippen LogP contribution is -2.33. The molecule has 0 aliphatic carbocycles. The van der Waals surface area contributed by atoms with Crippen LogP contribution < -0.4 is 10.1 Å². The van der Waals surface area contributed by atoms with Crippen LogP contribution in [0.2, 0.25) is 0 Å². The highest BCUT2D eigenvalue weighted by molar-refractivity contribution is 5.94. The van der Waals surface area contributed by atoms with Crippen LogP contribution in [0.3, 0.4) is 0 Å². The van der Waals surface area contributed by atoms with Crippen LogP contribution >= 0.6 is 0 Å². The molecular weight excluding hydrogens is 436 g/mol. The van der Waals surface area contributed by atoms with Crippen LogP contribution in [-0.4, -0.2) is 76.1 Å². The molecule has 0 saturated heterocycles. The minimum Gasteiger partial charge on any atom is -0.444 e. The molecule has 1 amide bonds. The van der Waals surface area contributed by atoms with Crippen molar-refractivity contribution in [2.75, 3.05) is 45.9 Å². The maximum Gasteiger partial charge on any atom is 0.414 e. The molecule has 186 valence electrons. The Kier molecular flexibility index (Phi) is 9.84. The van der Waals surface area contributed by atoms with E-state index in [9.17, 15) is 14.9 Å². The van der Waals surface area contributed by atoms with Gasteiger partial charge in [-0.1, -0.05) is 26.0 Å². The second-order valence-electron chi connectivity index (χ2n) is 8.60. The second-order valence-corrected chi connectivity index (χ2v) is 8.60. The van der Waals surface area contributed by atoms with Crippen molar-refractivity contribution in [2.24, 2.45) is 0 Å². The third-order valence-electron chi connectivity index (χ3n) is 5.85. The van der Waals surface area contributed by atoms with Crippen LogP contribution in [-0.2, 0) is 13.1 Å². The highest BCUT2D eigenvalue weighted by Crippen LogP contribution is 2.19. The molecule has 34 heavy (non-hydrogen) atoms. The average Bonchev–Trinajstić information content (AvgIpc) is 3.21. The van der Waals surface area contributed by atoms with Crippen molar-refractivity contribution in [1.29, 1.82) is 0 Å². The van der Waals surface area contributed by atoms with E-state index in [2.05, 4.69) is 33.9 Å². The third kappa shape index (κ3) is 7.53. The number of imidazole rings is 1. The Hall–Kier alpha value is -2.98. The Morgan fingerprint density at radius 3 is 2.56 bits per heavy atom. The van der Waals surface area contributed by atoms with E-state index >= 15 is 0 Å². The number of hydrogen-bond acceptors (Lipinski definition) is 7. The molecule has 2 aromatic rings. The van der Waals surface area contributed by atoms with E-state index in [4.69, 9.17) is 4.74 Å². The summed E-state index contributed by atoms with van der Waals surface area (Å²) >= 11 is 0. The van der Waals surface area contributed by atoms with Gasteiger partial charge in [-0.25, -0.2) is 0 Å². The summed E-state index contributed by atoms with van der Waals surface area (Å²) in [5.41, 5.74) is 1.76. The van der Waals surface area contributed by atoms with Crippen LogP contribution in [0.1, 0.15) is 49.0 Å². The van der Waals surface area contributed by atoms with Crippen molar-refractivity contribution in [2.45, 2.75) is 46.2 Å². The lowest BCUT2D eigenvalue weighted by molar-refractivity contribution is -0.389. The fraction of sp³-hybridized carbons (Fsp3) is 0.583. The van der Waals surface area contributed by atoms with E-state index in [1.54, 1.807) is 4.57 Å². The minimum atomic E-state index is -0.510. The number of ether oxygens (including phenoxy) is 1. The molecule has 0 unspecified atom stereocenters. The highest BCUT2D eigenvalue weighted by Gasteiger charge is 2.22. The molecule has 0 saturated carbocycles. The number of amides is 1. The van der Waals surface area contributed by atoms with Crippen molar-refractivity contribution in [3.05, 3.63) is 51.7 Å². The first-order chi connectivity index (χ1) is 16.5. The molecular formula is C24H36N6O4. The fourth-order valence-electron chi connectivity index (χ4n) is 4.13. The van der Waals surface area contributed by atoms with E-state index in [0.717, 1.165) is 51.0 Å². The first-order valence-corrected chi connectivity index (χ1v) is 12.2. The number of nitrogens with one attached hydrogen (secondary N) is 1. The number of carbonyl (C=O) groups is 1. The first-order valence-electron chi connectivity index (χ1n) is 12.2. The largest absolute Gasteiger partial charge is 0.444 e. The summed E-state index contributed by atoms with van der Waals surface area (Å²) in [6.45, 7) is 11.4. The van der Waals surface area contributed by atoms with Gasteiger partial charge in [0, 0.05) is 43.3 Å². The first kappa shape index (κ1) is 25.6. The molecule has 0 spiro atoms. The zero-order valence-corrected chi connectivity index (χ0v) is 20.2. The number of carbonyl (C=O) groups excluding carboxylic acids is 1. The van der Waals surface area contributed by atoms with Crippen molar-refractivity contribution >= 4 is 11.7 Å². The molecule has 3 rings (SSSR count). The number of hydrogen-bond donors (Lipinski definition) is 1. The van der Waals surface area contributed by atoms with E-state index < -0.39 is 4.92 Å². The van der Waals surface area contributed by atoms with Gasteiger partial charge in [0.25, 0.3) is 5.91 Å². The molecule has 1 aromatic heterocycles. The van der Waals surface area contributed by atoms with Crippen LogP contribution in [0.4, 0.5) is 5.82 Å². The molecule has 0 fully saturated rings. The minimum absolute atomic E-state index is 0.0435. The van der Waals surface area contributed by atoms with Gasteiger partial charge in [-0.3, -0.25) is 14.3 Å². The van der Waals surface area contributed by atoms with Gasteiger partial charge in [0.05, 0.1) is 0 Å². The molecule has 0 radical (unpaired) electrons. The van der Waals surface area contributed by atoms with E-state index in [1.807, 2.05) is 24.3 Å². The van der Waals surface area contributed by atoms with E-state index in [0.29, 0.717) is 44.4 Å². The molecule has 1 aromatic carbocycles. The Labute approximate surface area is 201 Å². The van der Waals surface area contributed by atoms with Gasteiger partial charge in [0.15, 0.2) is 0 Å². The zero-order valence-electron chi connectivity index (χ0n) is 20.2. The zero-order chi connectivity index (χ0) is 24.3. The molecule has 10 heteroatoms. The number of benzene rings is 1. The summed E-state index contributed by atoms with van der Waals surface area (Å²) < 4.78 is 7.30. The summed E-state index contributed by atoms with van der Waals surface area (Å²) in [5, 5.41) is 14.0. The predicted molar refractivity (Wildman–Crippen MR) is 130 cm³/mol. The summed E-state index contributed by atoms with van der Waals surface area (Å²) in [6.07, 6.45) is 4.66. The second kappa shape index (κ2) is 13.0. The molecule has 1 aliphatic rings. The van der Waals surface area contributed by atoms with Gasteiger partial charge in [-0.15, -0.1) is 0 Å². The van der Waals surface area contributed by atoms with Gasteiger partial charge < -0.3 is 25.1 Å². The number of nitrogens with zero attached hydrogens (tertiary/aromatic N) is 5. The number of nitro groups is 1. The van der Waals surface area contributed by atoms with Crippen LogP contribution in [0.25, 0.3) is 0 Å². The smallest absolute Gasteiger partial charge is 0.414 e. The standard InChI is InChI=1S/C24H36N6O4/c1-3-11-27(12-4-2)13-5-10-25-23(31)21-8-6-20(7-9-21)18-28-14-15-29-19-22(30(32)33)26-24(29)34-17-16-28/h6-9,19H,3-5,10-18H2,1-2H3,(H,25,31). The third-order valence-corrected chi connectivity index (χ3v) is 5.85. The van der Waals surface area contributed by atoms with Gasteiger partial charge in [0.1, 0.15) is 12.8 Å². The van der Waals surface area contributed by atoms with Crippen LogP contribution in [0.15, 0.2) is 30.5 Å². The quantitative estimate of drug-likeness (QED) is 0.288. The summed E-state index contributed by atoms with van der Waals surface area (Å²) in [4.78, 5) is 31.5. The van der Waals surface area contributed by atoms with Gasteiger partial charge in [-0.05, 0) is 61.5 Å². The lowest BCUT2D eigenvalue weighted by atomic mass is 10.1. The summed E-state index contributed by atoms with van der Waals surface area (Å²) in [6, 6.07) is 7.98. The van der Waals surface area contributed by atoms with Gasteiger partial charge in [-0.2, -0.15) is 0 Å². The topological polar surface area (TPSA) is 106 Å². The Bertz CT molecular complexity index is 924. The van der Waals surface area contributed by atoms with Crippen molar-refractivity contribution in [3.63, 3.8) is 0 Å². The number of fused-ring (bicyclic) bond motifs is 1. The maximum absolute atomic E-state index is 12.5. The van der Waals surface area contributed by atoms with Crippen molar-refractivity contribution < 1.29 is 14.5 Å². The Morgan fingerprint density at radius 1 is 1.15 bits per heavy atom. The summed E-state index contributed by atoms with van der Waals surface area (Å²) in [5.74, 6) is -0.241. The predicted octanol–water partition coefficient (Wildman–Crippen LogP) is 2.93. The fourth-order valence-corrected chi connectivity index (χ4v) is 4.13. The number of aromatic nitrogens is 2. The Balaban J connectivity index is 1.45. The summed E-state index contributed by atoms with van der Waals surface area (Å²) in [7, 11) is 0. The van der Waals surface area contributed by atoms with E-state index in [-0.39, 0.29) is 11.7 Å². The monoisotopic (exact) mass is 472 g/mol. The van der Waals surface area contributed by atoms with Crippen LogP contribution in [0.5, 0.6) is 6.01 Å². The van der Waals surface area contributed by atoms with Gasteiger partial charge in [0.2, 0.25) is 0 Å².